The molecule has 0 N–H and O–H groups in total. The molecule has 244 valence electrons. The zero-order chi connectivity index (χ0) is 34.4. The van der Waals surface area contributed by atoms with Crippen molar-refractivity contribution in [2.45, 2.75) is 0 Å². The van der Waals surface area contributed by atoms with E-state index < -0.39 is 0 Å². The van der Waals surface area contributed by atoms with Crippen molar-refractivity contribution in [2.75, 3.05) is 0 Å². The van der Waals surface area contributed by atoms with Crippen LogP contribution in [0.3, 0.4) is 0 Å². The van der Waals surface area contributed by atoms with Crippen LogP contribution in [0.25, 0.3) is 115 Å². The molecular weight excluding hydrogens is 647 g/mol. The Morgan fingerprint density at radius 2 is 0.906 bits per heavy atom. The fourth-order valence-electron chi connectivity index (χ4n) is 9.47. The number of para-hydroxylation sites is 5. The molecule has 0 bridgehead atoms. The number of rotatable bonds is 2. The van der Waals surface area contributed by atoms with Gasteiger partial charge in [0.25, 0.3) is 0 Å². The summed E-state index contributed by atoms with van der Waals surface area (Å²) >= 11 is 0. The van der Waals surface area contributed by atoms with Crippen molar-refractivity contribution in [1.29, 1.82) is 0 Å². The summed E-state index contributed by atoms with van der Waals surface area (Å²) < 4.78 is 7.11. The second-order valence-corrected chi connectivity index (χ2v) is 14.2. The molecule has 0 radical (unpaired) electrons. The molecule has 8 aromatic carbocycles. The zero-order valence-corrected chi connectivity index (χ0v) is 28.3. The number of nitrogens with zero attached hydrogens (tertiary/aromatic N) is 5. The predicted molar refractivity (Wildman–Crippen MR) is 220 cm³/mol. The third-order valence-electron chi connectivity index (χ3n) is 11.6. The Hall–Kier alpha value is -7.24. The Kier molecular flexibility index (Phi) is 5.06. The second-order valence-electron chi connectivity index (χ2n) is 14.2. The zero-order valence-electron chi connectivity index (χ0n) is 28.3. The maximum atomic E-state index is 5.59. The van der Waals surface area contributed by atoms with Gasteiger partial charge in [0.15, 0.2) is 5.82 Å². The van der Waals surface area contributed by atoms with Crippen LogP contribution in [-0.2, 0) is 0 Å². The molecule has 53 heavy (non-hydrogen) atoms. The molecule has 0 spiro atoms. The number of fused-ring (bicyclic) bond motifs is 16. The molecule has 0 aliphatic rings. The van der Waals surface area contributed by atoms with E-state index in [9.17, 15) is 0 Å². The molecule has 5 nitrogen and oxygen atoms in total. The van der Waals surface area contributed by atoms with Gasteiger partial charge in [-0.15, -0.1) is 0 Å². The van der Waals surface area contributed by atoms with Gasteiger partial charge in [0.1, 0.15) is 0 Å². The van der Waals surface area contributed by atoms with Crippen LogP contribution in [0.2, 0.25) is 0 Å². The van der Waals surface area contributed by atoms with Crippen molar-refractivity contribution in [3.05, 3.63) is 164 Å². The molecule has 0 saturated carbocycles. The first-order valence-corrected chi connectivity index (χ1v) is 18.1. The molecule has 13 aromatic rings. The highest BCUT2D eigenvalue weighted by Crippen LogP contribution is 2.48. The van der Waals surface area contributed by atoms with Crippen LogP contribution in [0.15, 0.2) is 164 Å². The van der Waals surface area contributed by atoms with E-state index in [0.717, 1.165) is 38.8 Å². The van der Waals surface area contributed by atoms with Crippen LogP contribution in [0.1, 0.15) is 0 Å². The largest absolute Gasteiger partial charge is 0.308 e. The Morgan fingerprint density at radius 1 is 0.340 bits per heavy atom. The fraction of sp³-hybridized carbons (Fsp3) is 0. The van der Waals surface area contributed by atoms with E-state index >= 15 is 0 Å². The molecule has 0 aliphatic carbocycles. The summed E-state index contributed by atoms with van der Waals surface area (Å²) in [5, 5.41) is 13.4. The minimum atomic E-state index is 0.651. The van der Waals surface area contributed by atoms with Gasteiger partial charge in [-0.2, -0.15) is 4.98 Å². The average molecular weight is 674 g/mol. The summed E-state index contributed by atoms with van der Waals surface area (Å²) in [6.45, 7) is 0. The molecule has 5 aromatic heterocycles. The van der Waals surface area contributed by atoms with Crippen LogP contribution in [0.5, 0.6) is 0 Å². The first kappa shape index (κ1) is 27.5. The maximum absolute atomic E-state index is 5.59. The maximum Gasteiger partial charge on any atom is 0.237 e. The van der Waals surface area contributed by atoms with Crippen molar-refractivity contribution >= 4 is 103 Å². The van der Waals surface area contributed by atoms with Crippen LogP contribution < -0.4 is 0 Å². The molecule has 13 rings (SSSR count). The summed E-state index contributed by atoms with van der Waals surface area (Å²) in [6, 6.07) is 59.0. The second kappa shape index (κ2) is 9.75. The third-order valence-corrected chi connectivity index (χ3v) is 11.6. The predicted octanol–water partition coefficient (Wildman–Crippen LogP) is 12.1. The molecule has 0 fully saturated rings. The standard InChI is InChI=1S/C48H27N5/c1-2-14-29-28(13-1)25-26-41-43(29)35-27-42-44(45-34-19-7-11-23-39(34)51(41)46(35)45)33-18-6-12-24-40(33)53(42)48-49-36-20-8-3-17-32(36)47(50-48)52-37-21-9-4-15-30(37)31-16-5-10-22-38(31)52/h1-27H. The minimum absolute atomic E-state index is 0.651. The lowest BCUT2D eigenvalue weighted by Gasteiger charge is -2.14. The van der Waals surface area contributed by atoms with E-state index in [4.69, 9.17) is 9.97 Å². The topological polar surface area (TPSA) is 40.0 Å². The van der Waals surface area contributed by atoms with E-state index in [1.165, 1.54) is 70.4 Å². The highest BCUT2D eigenvalue weighted by molar-refractivity contribution is 6.37. The molecular formula is C48H27N5. The van der Waals surface area contributed by atoms with Gasteiger partial charge in [-0.25, -0.2) is 4.98 Å². The highest BCUT2D eigenvalue weighted by atomic mass is 15.2. The Labute approximate surface area is 301 Å². The first-order chi connectivity index (χ1) is 26.3. The molecule has 0 amide bonds. The van der Waals surface area contributed by atoms with Gasteiger partial charge >= 0.3 is 0 Å². The number of hydrogen-bond donors (Lipinski definition) is 0. The van der Waals surface area contributed by atoms with Gasteiger partial charge in [-0.1, -0.05) is 115 Å². The summed E-state index contributed by atoms with van der Waals surface area (Å²) in [7, 11) is 0. The van der Waals surface area contributed by atoms with Gasteiger partial charge in [0.2, 0.25) is 5.95 Å². The monoisotopic (exact) mass is 673 g/mol. The van der Waals surface area contributed by atoms with Crippen LogP contribution in [0, 0.1) is 0 Å². The number of aromatic nitrogens is 5. The average Bonchev–Trinajstić information content (AvgIpc) is 3.94. The van der Waals surface area contributed by atoms with Crippen molar-refractivity contribution in [2.24, 2.45) is 0 Å². The Balaban J connectivity index is 1.25. The van der Waals surface area contributed by atoms with Gasteiger partial charge in [-0.3, -0.25) is 9.13 Å². The Morgan fingerprint density at radius 3 is 1.64 bits per heavy atom. The van der Waals surface area contributed by atoms with Crippen molar-refractivity contribution in [3.8, 4) is 11.8 Å². The van der Waals surface area contributed by atoms with E-state index in [2.05, 4.69) is 177 Å². The number of benzene rings is 8. The van der Waals surface area contributed by atoms with Gasteiger partial charge < -0.3 is 4.40 Å². The Bertz CT molecular complexity index is 3640. The van der Waals surface area contributed by atoms with E-state index in [1.54, 1.807) is 0 Å². The van der Waals surface area contributed by atoms with Gasteiger partial charge in [0, 0.05) is 48.5 Å². The third kappa shape index (κ3) is 3.37. The lowest BCUT2D eigenvalue weighted by molar-refractivity contribution is 0.973. The van der Waals surface area contributed by atoms with Crippen molar-refractivity contribution in [3.63, 3.8) is 0 Å². The van der Waals surface area contributed by atoms with Crippen LogP contribution in [0.4, 0.5) is 0 Å². The van der Waals surface area contributed by atoms with E-state index in [0.29, 0.717) is 5.95 Å². The first-order valence-electron chi connectivity index (χ1n) is 18.1. The van der Waals surface area contributed by atoms with Gasteiger partial charge in [-0.05, 0) is 59.3 Å². The fourth-order valence-corrected chi connectivity index (χ4v) is 9.47. The van der Waals surface area contributed by atoms with Crippen LogP contribution in [-0.4, -0.2) is 23.5 Å². The van der Waals surface area contributed by atoms with Crippen LogP contribution >= 0.6 is 0 Å². The minimum Gasteiger partial charge on any atom is -0.308 e. The van der Waals surface area contributed by atoms with E-state index in [1.807, 2.05) is 0 Å². The summed E-state index contributed by atoms with van der Waals surface area (Å²) in [4.78, 5) is 11.0. The van der Waals surface area contributed by atoms with E-state index in [-0.39, 0.29) is 0 Å². The van der Waals surface area contributed by atoms with Crippen molar-refractivity contribution < 1.29 is 0 Å². The summed E-state index contributed by atoms with van der Waals surface area (Å²) in [5.41, 5.74) is 9.04. The lowest BCUT2D eigenvalue weighted by Crippen LogP contribution is -2.07. The number of hydrogen-bond acceptors (Lipinski definition) is 2. The molecule has 0 saturated heterocycles. The smallest absolute Gasteiger partial charge is 0.237 e. The highest BCUT2D eigenvalue weighted by Gasteiger charge is 2.26. The SMILES string of the molecule is c1ccc2c(c1)ccc1c2c2cc3c(c4ccccc4n3-c3nc(-n4c5ccccc5c5ccccc54)c4ccccc4n3)c3c4ccccc4n1c23. The van der Waals surface area contributed by atoms with Crippen molar-refractivity contribution in [1.82, 2.24) is 23.5 Å². The molecule has 0 unspecified atom stereocenters. The lowest BCUT2D eigenvalue weighted by atomic mass is 9.99. The summed E-state index contributed by atoms with van der Waals surface area (Å²) in [6.07, 6.45) is 0. The molecule has 0 aliphatic heterocycles. The molecule has 5 heterocycles. The molecule has 5 heteroatoms. The molecule has 0 atom stereocenters. The van der Waals surface area contributed by atoms with Gasteiger partial charge in [0.05, 0.1) is 44.1 Å². The normalized spacial score (nSPS) is 12.5. The summed E-state index contributed by atoms with van der Waals surface area (Å²) in [5.74, 6) is 1.52. The quantitative estimate of drug-likeness (QED) is 0.183.